The van der Waals surface area contributed by atoms with E-state index in [1.54, 1.807) is 0 Å². The van der Waals surface area contributed by atoms with E-state index in [1.807, 2.05) is 60.5 Å². The van der Waals surface area contributed by atoms with Gasteiger partial charge in [-0.15, -0.1) is 0 Å². The van der Waals surface area contributed by atoms with Crippen molar-refractivity contribution in [3.05, 3.63) is 77.6 Å². The first kappa shape index (κ1) is 22.2. The van der Waals surface area contributed by atoms with Crippen LogP contribution in [0.2, 0.25) is 0 Å². The van der Waals surface area contributed by atoms with Crippen LogP contribution in [0, 0.1) is 6.92 Å². The molecule has 5 rings (SSSR count). The van der Waals surface area contributed by atoms with Gasteiger partial charge in [0.2, 0.25) is 5.95 Å². The predicted octanol–water partition coefficient (Wildman–Crippen LogP) is 4.27. The van der Waals surface area contributed by atoms with Gasteiger partial charge in [0, 0.05) is 54.5 Å². The summed E-state index contributed by atoms with van der Waals surface area (Å²) in [6, 6.07) is 17.9. The molecule has 3 N–H and O–H groups in total. The van der Waals surface area contributed by atoms with Gasteiger partial charge in [-0.3, -0.25) is 9.80 Å². The second-order valence-electron chi connectivity index (χ2n) is 8.97. The van der Waals surface area contributed by atoms with E-state index in [-0.39, 0.29) is 18.2 Å². The van der Waals surface area contributed by atoms with E-state index in [0.717, 1.165) is 60.7 Å². The Bertz CT molecular complexity index is 1130. The first-order valence-electron chi connectivity index (χ1n) is 11.7. The van der Waals surface area contributed by atoms with Gasteiger partial charge in [0.1, 0.15) is 6.61 Å². The van der Waals surface area contributed by atoms with E-state index in [1.165, 1.54) is 0 Å². The SMILES string of the molecule is Cc1nc(Nc2ccc(N)cc2)ncc1CN1CCC(N2C(=O)OC[C@H]2c2ccccc2)CC1. The number of nitrogen functional groups attached to an aromatic ring is 1. The molecule has 3 heterocycles. The summed E-state index contributed by atoms with van der Waals surface area (Å²) in [6.45, 7) is 5.08. The smallest absolute Gasteiger partial charge is 0.410 e. The molecule has 3 aromatic rings. The molecule has 2 saturated heterocycles. The Labute approximate surface area is 199 Å². The number of piperidine rings is 1. The van der Waals surface area contributed by atoms with Crippen molar-refractivity contribution in [3.63, 3.8) is 0 Å². The zero-order chi connectivity index (χ0) is 23.5. The van der Waals surface area contributed by atoms with Gasteiger partial charge in [-0.05, 0) is 49.6 Å². The van der Waals surface area contributed by atoms with Crippen molar-refractivity contribution in [3.8, 4) is 0 Å². The highest BCUT2D eigenvalue weighted by Gasteiger charge is 2.40. The molecule has 0 radical (unpaired) electrons. The van der Waals surface area contributed by atoms with Crippen molar-refractivity contribution in [2.24, 2.45) is 0 Å². The van der Waals surface area contributed by atoms with Crippen LogP contribution in [0.5, 0.6) is 0 Å². The van der Waals surface area contributed by atoms with Gasteiger partial charge in [0.15, 0.2) is 0 Å². The quantitative estimate of drug-likeness (QED) is 0.533. The molecule has 0 bridgehead atoms. The van der Waals surface area contributed by atoms with Crippen LogP contribution in [-0.2, 0) is 11.3 Å². The van der Waals surface area contributed by atoms with Gasteiger partial charge in [0.25, 0.3) is 0 Å². The first-order valence-corrected chi connectivity index (χ1v) is 11.7. The summed E-state index contributed by atoms with van der Waals surface area (Å²) >= 11 is 0. The minimum absolute atomic E-state index is 0.00185. The van der Waals surface area contributed by atoms with Crippen LogP contribution >= 0.6 is 0 Å². The number of carbonyl (C=O) groups is 1. The van der Waals surface area contributed by atoms with Crippen LogP contribution in [0.4, 0.5) is 22.1 Å². The van der Waals surface area contributed by atoms with Crippen molar-refractivity contribution < 1.29 is 9.53 Å². The van der Waals surface area contributed by atoms with Crippen LogP contribution in [-0.4, -0.2) is 51.6 Å². The summed E-state index contributed by atoms with van der Waals surface area (Å²) in [6.07, 6.45) is 3.56. The fraction of sp³-hybridized carbons (Fsp3) is 0.346. The number of cyclic esters (lactones) is 1. The lowest BCUT2D eigenvalue weighted by Gasteiger charge is -2.38. The summed E-state index contributed by atoms with van der Waals surface area (Å²) in [5, 5.41) is 3.22. The van der Waals surface area contributed by atoms with Crippen LogP contribution in [0.25, 0.3) is 0 Å². The van der Waals surface area contributed by atoms with Crippen molar-refractivity contribution in [2.75, 3.05) is 30.7 Å². The predicted molar refractivity (Wildman–Crippen MR) is 132 cm³/mol. The van der Waals surface area contributed by atoms with Crippen LogP contribution in [0.3, 0.4) is 0 Å². The summed E-state index contributed by atoms with van der Waals surface area (Å²) in [5.41, 5.74) is 10.6. The van der Waals surface area contributed by atoms with E-state index in [2.05, 4.69) is 32.3 Å². The lowest BCUT2D eigenvalue weighted by atomic mass is 9.99. The average Bonchev–Trinajstić information content (AvgIpc) is 3.24. The van der Waals surface area contributed by atoms with E-state index >= 15 is 0 Å². The summed E-state index contributed by atoms with van der Waals surface area (Å²) in [5.74, 6) is 0.573. The molecule has 0 spiro atoms. The Balaban J connectivity index is 1.18. The normalized spacial score (nSPS) is 19.3. The number of amides is 1. The molecule has 2 aliphatic rings. The number of hydrogen-bond acceptors (Lipinski definition) is 7. The van der Waals surface area contributed by atoms with Crippen LogP contribution < -0.4 is 11.1 Å². The molecule has 2 fully saturated rings. The Morgan fingerprint density at radius 2 is 1.82 bits per heavy atom. The number of carbonyl (C=O) groups excluding carboxylic acids is 1. The van der Waals surface area contributed by atoms with Crippen molar-refractivity contribution >= 4 is 23.4 Å². The molecule has 8 heteroatoms. The standard InChI is InChI=1S/C26H30N6O2/c1-18-20(15-28-25(29-18)30-22-9-7-21(27)8-10-22)16-31-13-11-23(12-14-31)32-24(17-34-26(32)33)19-5-3-2-4-6-19/h2-10,15,23-24H,11-14,16-17,27H2,1H3,(H,28,29,30)/t24-/m0/s1. The van der Waals surface area contributed by atoms with Gasteiger partial charge < -0.3 is 15.8 Å². The molecule has 34 heavy (non-hydrogen) atoms. The van der Waals surface area contributed by atoms with Crippen molar-refractivity contribution in [1.29, 1.82) is 0 Å². The number of nitrogens with one attached hydrogen (secondary N) is 1. The lowest BCUT2D eigenvalue weighted by molar-refractivity contribution is 0.104. The largest absolute Gasteiger partial charge is 0.447 e. The molecule has 2 aliphatic heterocycles. The second-order valence-corrected chi connectivity index (χ2v) is 8.97. The minimum Gasteiger partial charge on any atom is -0.447 e. The maximum Gasteiger partial charge on any atom is 0.410 e. The van der Waals surface area contributed by atoms with E-state index in [9.17, 15) is 4.79 Å². The van der Waals surface area contributed by atoms with E-state index < -0.39 is 0 Å². The third-order valence-corrected chi connectivity index (χ3v) is 6.69. The fourth-order valence-corrected chi connectivity index (χ4v) is 4.77. The number of nitrogens with two attached hydrogens (primary N) is 1. The summed E-state index contributed by atoms with van der Waals surface area (Å²) < 4.78 is 5.43. The molecule has 1 atom stereocenters. The zero-order valence-electron chi connectivity index (χ0n) is 19.4. The number of nitrogens with zero attached hydrogens (tertiary/aromatic N) is 4. The number of rotatable bonds is 6. The maximum absolute atomic E-state index is 12.5. The van der Waals surface area contributed by atoms with Crippen LogP contribution in [0.1, 0.15) is 35.7 Å². The molecule has 0 saturated carbocycles. The number of benzene rings is 2. The highest BCUT2D eigenvalue weighted by atomic mass is 16.6. The highest BCUT2D eigenvalue weighted by Crippen LogP contribution is 2.33. The molecule has 1 aromatic heterocycles. The molecule has 8 nitrogen and oxygen atoms in total. The topological polar surface area (TPSA) is 96.6 Å². The number of aryl methyl sites for hydroxylation is 1. The lowest BCUT2D eigenvalue weighted by Crippen LogP contribution is -2.46. The first-order chi connectivity index (χ1) is 16.6. The van der Waals surface area contributed by atoms with Gasteiger partial charge in [-0.1, -0.05) is 30.3 Å². The van der Waals surface area contributed by atoms with Gasteiger partial charge in [-0.2, -0.15) is 0 Å². The second kappa shape index (κ2) is 9.69. The summed E-state index contributed by atoms with van der Waals surface area (Å²) in [7, 11) is 0. The minimum atomic E-state index is -0.194. The van der Waals surface area contributed by atoms with E-state index in [4.69, 9.17) is 10.5 Å². The fourth-order valence-electron chi connectivity index (χ4n) is 4.77. The zero-order valence-corrected chi connectivity index (χ0v) is 19.4. The third-order valence-electron chi connectivity index (χ3n) is 6.69. The van der Waals surface area contributed by atoms with Gasteiger partial charge >= 0.3 is 6.09 Å². The Kier molecular flexibility index (Phi) is 6.31. The Morgan fingerprint density at radius 1 is 1.09 bits per heavy atom. The number of aromatic nitrogens is 2. The van der Waals surface area contributed by atoms with Crippen LogP contribution in [0.15, 0.2) is 60.8 Å². The Morgan fingerprint density at radius 3 is 2.53 bits per heavy atom. The third kappa shape index (κ3) is 4.82. The molecule has 0 aliphatic carbocycles. The number of anilines is 3. The average molecular weight is 459 g/mol. The molecular formula is C26H30N6O2. The maximum atomic E-state index is 12.5. The summed E-state index contributed by atoms with van der Waals surface area (Å²) in [4.78, 5) is 26.0. The van der Waals surface area contributed by atoms with Crippen molar-refractivity contribution in [1.82, 2.24) is 19.8 Å². The number of ether oxygens (including phenoxy) is 1. The van der Waals surface area contributed by atoms with E-state index in [0.29, 0.717) is 12.6 Å². The Hall–Kier alpha value is -3.65. The molecule has 2 aromatic carbocycles. The van der Waals surface area contributed by atoms with Gasteiger partial charge in [0.05, 0.1) is 6.04 Å². The molecule has 1 amide bonds. The number of hydrogen-bond donors (Lipinski definition) is 2. The van der Waals surface area contributed by atoms with Gasteiger partial charge in [-0.25, -0.2) is 14.8 Å². The molecule has 0 unspecified atom stereocenters. The van der Waals surface area contributed by atoms with Crippen molar-refractivity contribution in [2.45, 2.75) is 38.4 Å². The molecule has 176 valence electrons. The number of likely N-dealkylation sites (tertiary alicyclic amines) is 1. The monoisotopic (exact) mass is 458 g/mol. The molecular weight excluding hydrogens is 428 g/mol. The highest BCUT2D eigenvalue weighted by molar-refractivity contribution is 5.71.